The molecule has 0 aliphatic carbocycles. The van der Waals surface area contributed by atoms with Gasteiger partial charge in [0.05, 0.1) is 18.7 Å². The molecule has 1 saturated heterocycles. The summed E-state index contributed by atoms with van der Waals surface area (Å²) in [5, 5.41) is 22.0. The minimum Gasteiger partial charge on any atom is -0.497 e. The summed E-state index contributed by atoms with van der Waals surface area (Å²) >= 11 is 0. The molecular weight excluding hydrogens is 504 g/mol. The maximum absolute atomic E-state index is 13.8. The normalized spacial score (nSPS) is 16.5. The largest absolute Gasteiger partial charge is 0.497 e. The van der Waals surface area contributed by atoms with E-state index in [1.165, 1.54) is 13.3 Å². The van der Waals surface area contributed by atoms with Gasteiger partial charge in [0.25, 0.3) is 0 Å². The molecule has 0 radical (unpaired) electrons. The third-order valence-corrected chi connectivity index (χ3v) is 7.49. The number of aromatic nitrogens is 1. The average Bonchev–Trinajstić information content (AvgIpc) is 2.92. The predicted octanol–water partition coefficient (Wildman–Crippen LogP) is 5.10. The average molecular weight is 537 g/mol. The van der Waals surface area contributed by atoms with Gasteiger partial charge >= 0.3 is 0 Å². The topological polar surface area (TPSA) is 75.0 Å². The highest BCUT2D eigenvalue weighted by Crippen LogP contribution is 2.40. The molecule has 1 atom stereocenters. The van der Waals surface area contributed by atoms with Gasteiger partial charge < -0.3 is 19.7 Å². The first-order valence-electron chi connectivity index (χ1n) is 12.6. The van der Waals surface area contributed by atoms with E-state index < -0.39 is 41.4 Å². The molecule has 6 nitrogen and oxygen atoms in total. The first kappa shape index (κ1) is 28.1. The smallest absolute Gasteiger partial charge is 0.190 e. The van der Waals surface area contributed by atoms with Crippen molar-refractivity contribution in [2.45, 2.75) is 38.5 Å². The Kier molecular flexibility index (Phi) is 9.07. The van der Waals surface area contributed by atoms with E-state index in [9.17, 15) is 27.8 Å². The molecule has 0 amide bonds. The van der Waals surface area contributed by atoms with Crippen molar-refractivity contribution in [3.8, 4) is 11.5 Å². The number of nitrogens with zero attached hydrogens (tertiary/aromatic N) is 2. The molecule has 38 heavy (non-hydrogen) atoms. The van der Waals surface area contributed by atoms with Gasteiger partial charge in [-0.25, -0.2) is 17.6 Å². The van der Waals surface area contributed by atoms with Gasteiger partial charge in [0.2, 0.25) is 0 Å². The number of benzene rings is 2. The van der Waals surface area contributed by atoms with Crippen LogP contribution >= 0.6 is 0 Å². The number of fused-ring (bicyclic) bond motifs is 1. The van der Waals surface area contributed by atoms with Crippen molar-refractivity contribution < 1.29 is 37.2 Å². The third-order valence-electron chi connectivity index (χ3n) is 7.49. The molecule has 4 rings (SSSR count). The monoisotopic (exact) mass is 536 g/mol. The summed E-state index contributed by atoms with van der Waals surface area (Å²) in [6.45, 7) is 0.858. The van der Waals surface area contributed by atoms with Gasteiger partial charge in [-0.3, -0.25) is 9.88 Å². The highest BCUT2D eigenvalue weighted by Gasteiger charge is 2.35. The van der Waals surface area contributed by atoms with E-state index in [1.807, 2.05) is 0 Å². The Bertz CT molecular complexity index is 1220. The Balaban J connectivity index is 1.35. The number of likely N-dealkylation sites (tertiary alicyclic amines) is 1. The number of alkyl halides is 1. The van der Waals surface area contributed by atoms with Crippen LogP contribution in [0, 0.1) is 22.9 Å². The predicted molar refractivity (Wildman–Crippen MR) is 134 cm³/mol. The van der Waals surface area contributed by atoms with E-state index in [0.29, 0.717) is 85.2 Å². The van der Waals surface area contributed by atoms with E-state index in [-0.39, 0.29) is 13.2 Å². The molecule has 206 valence electrons. The second-order valence-corrected chi connectivity index (χ2v) is 9.82. The van der Waals surface area contributed by atoms with Crippen molar-refractivity contribution in [2.24, 2.45) is 5.41 Å². The molecule has 10 heteroatoms. The van der Waals surface area contributed by atoms with Crippen LogP contribution in [-0.2, 0) is 6.67 Å². The molecule has 3 aromatic rings. The number of hydrogen-bond donors (Lipinski definition) is 2. The molecule has 0 bridgehead atoms. The molecule has 2 N–H and O–H groups in total. The van der Waals surface area contributed by atoms with Gasteiger partial charge in [-0.1, -0.05) is 0 Å². The number of hydrogen-bond acceptors (Lipinski definition) is 6. The summed E-state index contributed by atoms with van der Waals surface area (Å²) in [4.78, 5) is 6.36. The Morgan fingerprint density at radius 3 is 2.45 bits per heavy atom. The first-order chi connectivity index (χ1) is 18.3. The Labute approximate surface area is 218 Å². The van der Waals surface area contributed by atoms with Crippen molar-refractivity contribution in [1.29, 1.82) is 0 Å². The fourth-order valence-corrected chi connectivity index (χ4v) is 5.13. The van der Waals surface area contributed by atoms with E-state index in [2.05, 4.69) is 9.88 Å². The molecule has 1 aromatic heterocycles. The number of rotatable bonds is 11. The molecule has 0 spiro atoms. The van der Waals surface area contributed by atoms with Crippen LogP contribution in [0.1, 0.15) is 42.9 Å². The van der Waals surface area contributed by atoms with Gasteiger partial charge in [-0.05, 0) is 68.0 Å². The molecular formula is C28H32F4N2O4. The van der Waals surface area contributed by atoms with Gasteiger partial charge in [0.1, 0.15) is 24.8 Å². The molecule has 1 aliphatic rings. The standard InChI is InChI=1S/C28H32F4N2O4/c1-37-20-2-3-24-21(14-20)26(18(15-29)16-33-24)25(36)4-5-28(17-35)6-8-34(9-7-28)10-11-38-27-22(31)12-19(30)13-23(27)32/h2-3,12-14,16,25,35-36H,4-11,15,17H2,1H3. The van der Waals surface area contributed by atoms with Crippen LogP contribution in [0.2, 0.25) is 0 Å². The lowest BCUT2D eigenvalue weighted by Crippen LogP contribution is -2.43. The summed E-state index contributed by atoms with van der Waals surface area (Å²) in [5.41, 5.74) is 1.02. The summed E-state index contributed by atoms with van der Waals surface area (Å²) in [7, 11) is 1.53. The molecule has 2 heterocycles. The second kappa shape index (κ2) is 12.3. The van der Waals surface area contributed by atoms with Gasteiger partial charge in [-0.15, -0.1) is 0 Å². The minimum absolute atomic E-state index is 0.0227. The van der Waals surface area contributed by atoms with Crippen molar-refractivity contribution in [3.05, 3.63) is 65.1 Å². The van der Waals surface area contributed by atoms with Crippen molar-refractivity contribution in [1.82, 2.24) is 9.88 Å². The number of aliphatic hydroxyl groups excluding tert-OH is 2. The van der Waals surface area contributed by atoms with Crippen LogP contribution in [0.3, 0.4) is 0 Å². The maximum atomic E-state index is 13.8. The van der Waals surface area contributed by atoms with Crippen molar-refractivity contribution in [3.63, 3.8) is 0 Å². The highest BCUT2D eigenvalue weighted by molar-refractivity contribution is 5.85. The van der Waals surface area contributed by atoms with E-state index in [4.69, 9.17) is 9.47 Å². The molecule has 2 aromatic carbocycles. The van der Waals surface area contributed by atoms with Crippen LogP contribution in [0.15, 0.2) is 36.5 Å². The van der Waals surface area contributed by atoms with Gasteiger partial charge in [0.15, 0.2) is 17.4 Å². The summed E-state index contributed by atoms with van der Waals surface area (Å²) in [6, 6.07) is 6.41. The lowest BCUT2D eigenvalue weighted by Gasteiger charge is -2.41. The molecule has 1 aliphatic heterocycles. The number of methoxy groups -OCH3 is 1. The minimum atomic E-state index is -1.09. The maximum Gasteiger partial charge on any atom is 0.190 e. The van der Waals surface area contributed by atoms with E-state index in [1.54, 1.807) is 18.2 Å². The zero-order valence-corrected chi connectivity index (χ0v) is 21.2. The third kappa shape index (κ3) is 6.19. The van der Waals surface area contributed by atoms with Crippen LogP contribution in [0.25, 0.3) is 10.9 Å². The van der Waals surface area contributed by atoms with Crippen LogP contribution in [0.4, 0.5) is 17.6 Å². The van der Waals surface area contributed by atoms with Crippen molar-refractivity contribution >= 4 is 10.9 Å². The summed E-state index contributed by atoms with van der Waals surface area (Å²) in [5.74, 6) is -3.20. The second-order valence-electron chi connectivity index (χ2n) is 9.82. The van der Waals surface area contributed by atoms with E-state index in [0.717, 1.165) is 0 Å². The van der Waals surface area contributed by atoms with Crippen LogP contribution < -0.4 is 9.47 Å². The lowest BCUT2D eigenvalue weighted by molar-refractivity contribution is 0.0201. The Hall–Kier alpha value is -2.95. The fraction of sp³-hybridized carbons (Fsp3) is 0.464. The van der Waals surface area contributed by atoms with Crippen molar-refractivity contribution in [2.75, 3.05) is 40.0 Å². The molecule has 0 saturated carbocycles. The number of ether oxygens (including phenoxy) is 2. The highest BCUT2D eigenvalue weighted by atomic mass is 19.1. The number of aliphatic hydroxyl groups is 2. The van der Waals surface area contributed by atoms with Gasteiger partial charge in [0, 0.05) is 42.4 Å². The number of pyridine rings is 1. The molecule has 1 unspecified atom stereocenters. The Morgan fingerprint density at radius 1 is 1.11 bits per heavy atom. The molecule has 1 fully saturated rings. The zero-order chi connectivity index (χ0) is 27.3. The number of piperidine rings is 1. The quantitative estimate of drug-likeness (QED) is 0.333. The number of halogens is 4. The van der Waals surface area contributed by atoms with Crippen LogP contribution in [-0.4, -0.2) is 60.1 Å². The van der Waals surface area contributed by atoms with Crippen LogP contribution in [0.5, 0.6) is 11.5 Å². The Morgan fingerprint density at radius 2 is 1.82 bits per heavy atom. The zero-order valence-electron chi connectivity index (χ0n) is 21.2. The summed E-state index contributed by atoms with van der Waals surface area (Å²) < 4.78 is 64.9. The fourth-order valence-electron chi connectivity index (χ4n) is 5.13. The first-order valence-corrected chi connectivity index (χ1v) is 12.6. The SMILES string of the molecule is COc1ccc2ncc(CF)c(C(O)CCC3(CO)CCN(CCOc4c(F)cc(F)cc4F)CC3)c2c1. The summed E-state index contributed by atoms with van der Waals surface area (Å²) in [6.07, 6.45) is 2.65. The van der Waals surface area contributed by atoms with E-state index >= 15 is 0 Å². The van der Waals surface area contributed by atoms with Gasteiger partial charge in [-0.2, -0.15) is 0 Å². The lowest BCUT2D eigenvalue weighted by atomic mass is 9.74.